The Morgan fingerprint density at radius 3 is 2.10 bits per heavy atom. The van der Waals surface area contributed by atoms with Gasteiger partial charge in [0.2, 0.25) is 0 Å². The fourth-order valence-corrected chi connectivity index (χ4v) is 3.36. The van der Waals surface area contributed by atoms with E-state index in [-0.39, 0.29) is 12.1 Å². The molecule has 3 saturated carbocycles. The Morgan fingerprint density at radius 1 is 1.00 bits per heavy atom. The highest BCUT2D eigenvalue weighted by atomic mass is 16.3. The normalized spacial score (nSPS) is 25.3. The molecular formula is C18H34N2O. The molecule has 0 heterocycles. The Morgan fingerprint density at radius 2 is 1.62 bits per heavy atom. The third kappa shape index (κ3) is 5.88. The van der Waals surface area contributed by atoms with Crippen molar-refractivity contribution < 1.29 is 5.11 Å². The van der Waals surface area contributed by atoms with Crippen LogP contribution in [0.25, 0.3) is 0 Å². The van der Waals surface area contributed by atoms with Gasteiger partial charge in [0.15, 0.2) is 0 Å². The molecule has 0 bridgehead atoms. The first-order valence-electron chi connectivity index (χ1n) is 9.28. The lowest BCUT2D eigenvalue weighted by Crippen LogP contribution is -2.47. The summed E-state index contributed by atoms with van der Waals surface area (Å²) < 4.78 is 0. The molecule has 0 aromatic heterocycles. The number of hydrogen-bond donors (Lipinski definition) is 2. The summed E-state index contributed by atoms with van der Waals surface area (Å²) in [6.07, 6.45) is 12.1. The van der Waals surface area contributed by atoms with Gasteiger partial charge in [-0.25, -0.2) is 0 Å². The second-order valence-corrected chi connectivity index (χ2v) is 8.24. The fourth-order valence-electron chi connectivity index (χ4n) is 3.36. The first kappa shape index (κ1) is 15.8. The van der Waals surface area contributed by atoms with Crippen LogP contribution in [0.1, 0.15) is 64.7 Å². The van der Waals surface area contributed by atoms with E-state index in [2.05, 4.69) is 17.1 Å². The van der Waals surface area contributed by atoms with Gasteiger partial charge in [0, 0.05) is 24.7 Å². The van der Waals surface area contributed by atoms with Crippen LogP contribution in [0.15, 0.2) is 0 Å². The zero-order valence-electron chi connectivity index (χ0n) is 13.8. The number of nitrogens with zero attached hydrogens (tertiary/aromatic N) is 1. The number of rotatable bonds is 12. The van der Waals surface area contributed by atoms with Crippen molar-refractivity contribution in [2.45, 2.75) is 76.3 Å². The van der Waals surface area contributed by atoms with Crippen LogP contribution in [0.2, 0.25) is 0 Å². The van der Waals surface area contributed by atoms with Crippen molar-refractivity contribution in [3.63, 3.8) is 0 Å². The number of aliphatic hydroxyl groups excluding tert-OH is 1. The number of aliphatic hydroxyl groups is 1. The number of nitrogens with one attached hydrogen (secondary N) is 1. The first-order chi connectivity index (χ1) is 10.2. The fraction of sp³-hybridized carbons (Fsp3) is 1.00. The monoisotopic (exact) mass is 294 g/mol. The molecule has 0 aromatic rings. The molecule has 0 aromatic carbocycles. The van der Waals surface area contributed by atoms with E-state index >= 15 is 0 Å². The SMILES string of the molecule is CC(CO)(CCCCN(CC1CC1)CC1CC1)NC1CC1. The van der Waals surface area contributed by atoms with E-state index in [9.17, 15) is 5.11 Å². The Labute approximate surface area is 130 Å². The minimum absolute atomic E-state index is 0.0427. The lowest BCUT2D eigenvalue weighted by molar-refractivity contribution is 0.158. The van der Waals surface area contributed by atoms with E-state index in [0.717, 1.165) is 18.3 Å². The zero-order chi connectivity index (χ0) is 14.7. The predicted molar refractivity (Wildman–Crippen MR) is 87.4 cm³/mol. The van der Waals surface area contributed by atoms with Gasteiger partial charge in [-0.2, -0.15) is 0 Å². The minimum Gasteiger partial charge on any atom is -0.394 e. The van der Waals surface area contributed by atoms with Crippen LogP contribution in [-0.4, -0.2) is 47.8 Å². The molecule has 3 heteroatoms. The Kier molecular flexibility index (Phi) is 5.23. The Bertz CT molecular complexity index is 309. The maximum atomic E-state index is 9.65. The summed E-state index contributed by atoms with van der Waals surface area (Å²) in [5.41, 5.74) is -0.0427. The summed E-state index contributed by atoms with van der Waals surface area (Å²) in [6, 6.07) is 0.684. The predicted octanol–water partition coefficient (Wildman–Crippen LogP) is 2.78. The van der Waals surface area contributed by atoms with Crippen LogP contribution in [-0.2, 0) is 0 Å². The molecular weight excluding hydrogens is 260 g/mol. The average molecular weight is 294 g/mol. The summed E-state index contributed by atoms with van der Waals surface area (Å²) in [5, 5.41) is 13.3. The van der Waals surface area contributed by atoms with Crippen LogP contribution >= 0.6 is 0 Å². The number of unbranched alkanes of at least 4 members (excludes halogenated alkanes) is 1. The zero-order valence-corrected chi connectivity index (χ0v) is 13.8. The molecule has 3 fully saturated rings. The molecule has 0 aliphatic heterocycles. The standard InChI is InChI=1S/C18H34N2O/c1-18(14-21,19-17-8-9-17)10-2-3-11-20(12-15-4-5-15)13-16-6-7-16/h15-17,19,21H,2-14H2,1H3. The molecule has 0 amide bonds. The molecule has 3 nitrogen and oxygen atoms in total. The quantitative estimate of drug-likeness (QED) is 0.543. The molecule has 2 N–H and O–H groups in total. The maximum absolute atomic E-state index is 9.65. The summed E-state index contributed by atoms with van der Waals surface area (Å²) in [7, 11) is 0. The molecule has 0 spiro atoms. The van der Waals surface area contributed by atoms with Crippen molar-refractivity contribution in [2.24, 2.45) is 11.8 Å². The molecule has 0 radical (unpaired) electrons. The molecule has 21 heavy (non-hydrogen) atoms. The van der Waals surface area contributed by atoms with Gasteiger partial charge >= 0.3 is 0 Å². The Hall–Kier alpha value is -0.120. The molecule has 1 atom stereocenters. The third-order valence-electron chi connectivity index (χ3n) is 5.36. The highest BCUT2D eigenvalue weighted by Crippen LogP contribution is 2.34. The number of hydrogen-bond acceptors (Lipinski definition) is 3. The molecule has 3 rings (SSSR count). The van der Waals surface area contributed by atoms with E-state index in [1.165, 1.54) is 71.0 Å². The minimum atomic E-state index is -0.0427. The van der Waals surface area contributed by atoms with Crippen molar-refractivity contribution in [3.05, 3.63) is 0 Å². The van der Waals surface area contributed by atoms with Crippen molar-refractivity contribution in [3.8, 4) is 0 Å². The largest absolute Gasteiger partial charge is 0.394 e. The summed E-state index contributed by atoms with van der Waals surface area (Å²) in [6.45, 7) is 6.45. The maximum Gasteiger partial charge on any atom is 0.0610 e. The summed E-state index contributed by atoms with van der Waals surface area (Å²) in [5.74, 6) is 2.03. The Balaban J connectivity index is 1.32. The highest BCUT2D eigenvalue weighted by Gasteiger charge is 2.32. The smallest absolute Gasteiger partial charge is 0.0610 e. The van der Waals surface area contributed by atoms with Crippen LogP contribution in [0.5, 0.6) is 0 Å². The van der Waals surface area contributed by atoms with Crippen LogP contribution < -0.4 is 5.32 Å². The first-order valence-corrected chi connectivity index (χ1v) is 9.28. The molecule has 3 aliphatic rings. The van der Waals surface area contributed by atoms with Crippen molar-refractivity contribution in [2.75, 3.05) is 26.2 Å². The molecule has 3 aliphatic carbocycles. The van der Waals surface area contributed by atoms with E-state index in [1.54, 1.807) is 0 Å². The topological polar surface area (TPSA) is 35.5 Å². The van der Waals surface area contributed by atoms with E-state index in [4.69, 9.17) is 0 Å². The second kappa shape index (κ2) is 6.97. The van der Waals surface area contributed by atoms with Crippen LogP contribution in [0, 0.1) is 11.8 Å². The van der Waals surface area contributed by atoms with Gasteiger partial charge in [-0.05, 0) is 76.7 Å². The summed E-state index contributed by atoms with van der Waals surface area (Å²) >= 11 is 0. The van der Waals surface area contributed by atoms with Crippen LogP contribution in [0.3, 0.4) is 0 Å². The van der Waals surface area contributed by atoms with Gasteiger partial charge in [-0.3, -0.25) is 0 Å². The lowest BCUT2D eigenvalue weighted by atomic mass is 9.95. The van der Waals surface area contributed by atoms with Crippen LogP contribution in [0.4, 0.5) is 0 Å². The second-order valence-electron chi connectivity index (χ2n) is 8.24. The van der Waals surface area contributed by atoms with E-state index < -0.39 is 0 Å². The summed E-state index contributed by atoms with van der Waals surface area (Å²) in [4.78, 5) is 2.74. The molecule has 0 saturated heterocycles. The van der Waals surface area contributed by atoms with E-state index in [1.807, 2.05) is 0 Å². The third-order valence-corrected chi connectivity index (χ3v) is 5.36. The van der Waals surface area contributed by atoms with Gasteiger partial charge in [0.1, 0.15) is 0 Å². The van der Waals surface area contributed by atoms with Gasteiger partial charge < -0.3 is 15.3 Å². The van der Waals surface area contributed by atoms with Gasteiger partial charge in [-0.1, -0.05) is 6.42 Å². The average Bonchev–Trinajstić information content (AvgIpc) is 3.29. The van der Waals surface area contributed by atoms with Gasteiger partial charge in [-0.15, -0.1) is 0 Å². The molecule has 1 unspecified atom stereocenters. The molecule has 122 valence electrons. The van der Waals surface area contributed by atoms with E-state index in [0.29, 0.717) is 6.04 Å². The van der Waals surface area contributed by atoms with Gasteiger partial charge in [0.05, 0.1) is 6.61 Å². The van der Waals surface area contributed by atoms with Crippen molar-refractivity contribution in [1.82, 2.24) is 10.2 Å². The van der Waals surface area contributed by atoms with Gasteiger partial charge in [0.25, 0.3) is 0 Å². The van der Waals surface area contributed by atoms with Crippen molar-refractivity contribution >= 4 is 0 Å². The lowest BCUT2D eigenvalue weighted by Gasteiger charge is -2.29. The highest BCUT2D eigenvalue weighted by molar-refractivity contribution is 4.92. The van der Waals surface area contributed by atoms with Crippen molar-refractivity contribution in [1.29, 1.82) is 0 Å².